The van der Waals surface area contributed by atoms with Crippen LogP contribution in [0.4, 0.5) is 13.2 Å². The van der Waals surface area contributed by atoms with Gasteiger partial charge in [-0.3, -0.25) is 9.89 Å². The van der Waals surface area contributed by atoms with Gasteiger partial charge in [0.2, 0.25) is 0 Å². The van der Waals surface area contributed by atoms with E-state index in [4.69, 9.17) is 9.73 Å². The number of methoxy groups -OCH3 is 1. The average molecular weight is 542 g/mol. The number of alkyl halides is 3. The highest BCUT2D eigenvalue weighted by Gasteiger charge is 2.26. The van der Waals surface area contributed by atoms with Gasteiger partial charge in [0, 0.05) is 25.1 Å². The van der Waals surface area contributed by atoms with E-state index >= 15 is 0 Å². The number of rotatable bonds is 10. The molecule has 1 aliphatic heterocycles. The number of nitrogens with zero attached hydrogens (tertiary/aromatic N) is 2. The highest BCUT2D eigenvalue weighted by atomic mass is 127. The molecule has 1 aliphatic rings. The van der Waals surface area contributed by atoms with Gasteiger partial charge in [0.25, 0.3) is 0 Å². The third-order valence-electron chi connectivity index (χ3n) is 5.03. The van der Waals surface area contributed by atoms with Gasteiger partial charge in [-0.05, 0) is 51.8 Å². The van der Waals surface area contributed by atoms with Gasteiger partial charge < -0.3 is 15.4 Å². The van der Waals surface area contributed by atoms with Crippen molar-refractivity contribution in [3.63, 3.8) is 0 Å². The van der Waals surface area contributed by atoms with Crippen molar-refractivity contribution in [1.29, 1.82) is 0 Å². The lowest BCUT2D eigenvalue weighted by atomic mass is 10.0. The molecule has 2 rings (SSSR count). The molecule has 0 aromatic heterocycles. The van der Waals surface area contributed by atoms with Crippen molar-refractivity contribution in [3.8, 4) is 5.75 Å². The van der Waals surface area contributed by atoms with Crippen molar-refractivity contribution < 1.29 is 17.9 Å². The molecular formula is C21H34F3IN4O. The van der Waals surface area contributed by atoms with Crippen LogP contribution in [0.2, 0.25) is 0 Å². The molecule has 1 heterocycles. The molecule has 0 bridgehead atoms. The van der Waals surface area contributed by atoms with Gasteiger partial charge in [0.15, 0.2) is 5.96 Å². The first-order chi connectivity index (χ1) is 13.9. The largest absolute Gasteiger partial charge is 0.496 e. The number of likely N-dealkylation sites (tertiary alicyclic amines) is 1. The summed E-state index contributed by atoms with van der Waals surface area (Å²) in [5, 5.41) is 6.34. The molecule has 1 saturated heterocycles. The van der Waals surface area contributed by atoms with Crippen LogP contribution in [0, 0.1) is 0 Å². The first-order valence-corrected chi connectivity index (χ1v) is 10.4. The van der Waals surface area contributed by atoms with Crippen LogP contribution >= 0.6 is 24.0 Å². The SMILES string of the molecule is CCNC(=NCC(c1ccccc1OC)N1CCCC1)NCCCCC(F)(F)F.I. The molecule has 1 aromatic carbocycles. The Bertz CT molecular complexity index is 637. The fraction of sp³-hybridized carbons (Fsp3) is 0.667. The van der Waals surface area contributed by atoms with Crippen LogP contribution in [0.25, 0.3) is 0 Å². The van der Waals surface area contributed by atoms with E-state index in [1.807, 2.05) is 25.1 Å². The molecule has 172 valence electrons. The van der Waals surface area contributed by atoms with Gasteiger partial charge in [-0.15, -0.1) is 24.0 Å². The Morgan fingerprint density at radius 1 is 1.17 bits per heavy atom. The highest BCUT2D eigenvalue weighted by Crippen LogP contribution is 2.31. The second kappa shape index (κ2) is 14.0. The molecule has 1 atom stereocenters. The third-order valence-corrected chi connectivity index (χ3v) is 5.03. The number of benzene rings is 1. The Morgan fingerprint density at radius 2 is 1.87 bits per heavy atom. The molecular weight excluding hydrogens is 508 g/mol. The fourth-order valence-corrected chi connectivity index (χ4v) is 3.58. The number of guanidine groups is 1. The summed E-state index contributed by atoms with van der Waals surface area (Å²) in [5.74, 6) is 1.49. The zero-order valence-electron chi connectivity index (χ0n) is 17.8. The van der Waals surface area contributed by atoms with E-state index in [2.05, 4.69) is 21.6 Å². The van der Waals surface area contributed by atoms with Crippen LogP contribution in [-0.4, -0.2) is 56.9 Å². The van der Waals surface area contributed by atoms with Crippen LogP contribution in [0.15, 0.2) is 29.3 Å². The third kappa shape index (κ3) is 9.28. The maximum Gasteiger partial charge on any atom is 0.389 e. The molecule has 1 unspecified atom stereocenters. The first-order valence-electron chi connectivity index (χ1n) is 10.4. The number of unbranched alkanes of at least 4 members (excludes halogenated alkanes) is 1. The summed E-state index contributed by atoms with van der Waals surface area (Å²) in [4.78, 5) is 7.16. The molecule has 9 heteroatoms. The first kappa shape index (κ1) is 26.8. The number of aliphatic imine (C=N–C) groups is 1. The van der Waals surface area contributed by atoms with Crippen LogP contribution in [0.1, 0.15) is 50.6 Å². The molecule has 0 amide bonds. The Balaban J connectivity index is 0.00000450. The predicted molar refractivity (Wildman–Crippen MR) is 126 cm³/mol. The lowest BCUT2D eigenvalue weighted by Crippen LogP contribution is -2.39. The van der Waals surface area contributed by atoms with E-state index in [0.29, 0.717) is 32.0 Å². The Labute approximate surface area is 194 Å². The number of para-hydroxylation sites is 1. The Kier molecular flexibility index (Phi) is 12.5. The number of nitrogens with one attached hydrogen (secondary N) is 2. The Hall–Kier alpha value is -1.23. The summed E-state index contributed by atoms with van der Waals surface area (Å²) in [7, 11) is 1.68. The number of ether oxygens (including phenoxy) is 1. The van der Waals surface area contributed by atoms with Crippen molar-refractivity contribution in [2.24, 2.45) is 4.99 Å². The molecule has 1 aromatic rings. The molecule has 5 nitrogen and oxygen atoms in total. The normalized spacial score (nSPS) is 16.1. The summed E-state index contributed by atoms with van der Waals surface area (Å²) in [6, 6.07) is 8.11. The van der Waals surface area contributed by atoms with E-state index in [9.17, 15) is 13.2 Å². The minimum Gasteiger partial charge on any atom is -0.496 e. The van der Waals surface area contributed by atoms with Crippen LogP contribution in [0.3, 0.4) is 0 Å². The number of halogens is 4. The second-order valence-electron chi connectivity index (χ2n) is 7.22. The summed E-state index contributed by atoms with van der Waals surface area (Å²) < 4.78 is 42.4. The molecule has 2 N–H and O–H groups in total. The zero-order chi connectivity index (χ0) is 21.1. The molecule has 0 aliphatic carbocycles. The van der Waals surface area contributed by atoms with Gasteiger partial charge in [-0.25, -0.2) is 0 Å². The topological polar surface area (TPSA) is 48.9 Å². The average Bonchev–Trinajstić information content (AvgIpc) is 3.21. The summed E-state index contributed by atoms with van der Waals surface area (Å²) >= 11 is 0. The fourth-order valence-electron chi connectivity index (χ4n) is 3.58. The maximum absolute atomic E-state index is 12.3. The second-order valence-corrected chi connectivity index (χ2v) is 7.22. The van der Waals surface area contributed by atoms with Gasteiger partial charge in [-0.1, -0.05) is 18.2 Å². The van der Waals surface area contributed by atoms with E-state index < -0.39 is 12.6 Å². The van der Waals surface area contributed by atoms with Gasteiger partial charge in [0.05, 0.1) is 19.7 Å². The smallest absolute Gasteiger partial charge is 0.389 e. The van der Waals surface area contributed by atoms with Crippen molar-refractivity contribution in [2.75, 3.05) is 39.8 Å². The standard InChI is InChI=1S/C21H33F3N4O.HI/c1-3-25-20(26-13-7-6-12-21(22,23)24)27-16-18(28-14-8-9-15-28)17-10-4-5-11-19(17)29-2;/h4-5,10-11,18H,3,6-9,12-16H2,1-2H3,(H2,25,26,27);1H. The quantitative estimate of drug-likeness (QED) is 0.194. The minimum absolute atomic E-state index is 0. The van der Waals surface area contributed by atoms with Crippen molar-refractivity contribution in [1.82, 2.24) is 15.5 Å². The van der Waals surface area contributed by atoms with Crippen molar-refractivity contribution in [2.45, 2.75) is 51.2 Å². The van der Waals surface area contributed by atoms with Gasteiger partial charge in [-0.2, -0.15) is 13.2 Å². The summed E-state index contributed by atoms with van der Waals surface area (Å²) in [6.45, 7) is 5.74. The molecule has 0 spiro atoms. The van der Waals surface area contributed by atoms with E-state index in [1.54, 1.807) is 7.11 Å². The number of hydrogen-bond donors (Lipinski definition) is 2. The van der Waals surface area contributed by atoms with Crippen LogP contribution in [0.5, 0.6) is 5.75 Å². The molecule has 1 fully saturated rings. The monoisotopic (exact) mass is 542 g/mol. The van der Waals surface area contributed by atoms with E-state index in [-0.39, 0.29) is 36.4 Å². The lowest BCUT2D eigenvalue weighted by molar-refractivity contribution is -0.135. The van der Waals surface area contributed by atoms with E-state index in [0.717, 1.165) is 24.4 Å². The molecule has 30 heavy (non-hydrogen) atoms. The van der Waals surface area contributed by atoms with Gasteiger partial charge in [0.1, 0.15) is 5.75 Å². The maximum atomic E-state index is 12.3. The number of hydrogen-bond acceptors (Lipinski definition) is 3. The predicted octanol–water partition coefficient (Wildman–Crippen LogP) is 4.74. The summed E-state index contributed by atoms with van der Waals surface area (Å²) in [6.07, 6.45) is -1.91. The van der Waals surface area contributed by atoms with Crippen LogP contribution in [-0.2, 0) is 0 Å². The van der Waals surface area contributed by atoms with E-state index in [1.165, 1.54) is 12.8 Å². The molecule has 0 saturated carbocycles. The van der Waals surface area contributed by atoms with Crippen molar-refractivity contribution in [3.05, 3.63) is 29.8 Å². The zero-order valence-corrected chi connectivity index (χ0v) is 20.1. The van der Waals surface area contributed by atoms with Crippen molar-refractivity contribution >= 4 is 29.9 Å². The Morgan fingerprint density at radius 3 is 2.50 bits per heavy atom. The van der Waals surface area contributed by atoms with Gasteiger partial charge >= 0.3 is 6.18 Å². The highest BCUT2D eigenvalue weighted by molar-refractivity contribution is 14.0. The lowest BCUT2D eigenvalue weighted by Gasteiger charge is -2.28. The van der Waals surface area contributed by atoms with Crippen LogP contribution < -0.4 is 15.4 Å². The molecule has 0 radical (unpaired) electrons. The summed E-state index contributed by atoms with van der Waals surface area (Å²) in [5.41, 5.74) is 1.11. The minimum atomic E-state index is -4.09.